The zero-order valence-corrected chi connectivity index (χ0v) is 15.9. The lowest BCUT2D eigenvalue weighted by atomic mass is 9.91. The smallest absolute Gasteiger partial charge is 0.407 e. The second kappa shape index (κ2) is 8.33. The maximum atomic E-state index is 12.2. The van der Waals surface area contributed by atoms with Crippen LogP contribution in [0.2, 0.25) is 0 Å². The Morgan fingerprint density at radius 3 is 2.35 bits per heavy atom. The highest BCUT2D eigenvalue weighted by atomic mass is 32.2. The number of carbonyl (C=O) groups excluding carboxylic acids is 1. The number of piperidine rings is 1. The molecule has 1 aliphatic rings. The molecule has 6 nitrogen and oxygen atoms in total. The minimum Gasteiger partial charge on any atom is -0.444 e. The summed E-state index contributed by atoms with van der Waals surface area (Å²) in [6.07, 6.45) is 2.71. The summed E-state index contributed by atoms with van der Waals surface area (Å²) >= 11 is 0. The number of ether oxygens (including phenoxy) is 1. The molecule has 0 saturated carbocycles. The number of alkyl carbamates (subject to hydrolysis) is 1. The zero-order chi connectivity index (χ0) is 17.7. The molecule has 0 aliphatic carbocycles. The number of hydrogen-bond acceptors (Lipinski definition) is 4. The van der Waals surface area contributed by atoms with Crippen LogP contribution in [-0.2, 0) is 14.8 Å². The first kappa shape index (κ1) is 20.2. The summed E-state index contributed by atoms with van der Waals surface area (Å²) in [4.78, 5) is 11.8. The molecule has 1 fully saturated rings. The van der Waals surface area contributed by atoms with Crippen molar-refractivity contribution in [2.45, 2.75) is 71.9 Å². The van der Waals surface area contributed by atoms with Crippen LogP contribution < -0.4 is 5.32 Å². The summed E-state index contributed by atoms with van der Waals surface area (Å²) in [5.41, 5.74) is -0.513. The van der Waals surface area contributed by atoms with Crippen LogP contribution in [0.15, 0.2) is 0 Å². The number of unbranched alkanes of at least 4 members (excludes halogenated alkanes) is 1. The molecule has 0 unspecified atom stereocenters. The molecule has 1 amide bonds. The molecule has 1 rings (SSSR count). The van der Waals surface area contributed by atoms with Crippen molar-refractivity contribution in [1.82, 2.24) is 9.62 Å². The van der Waals surface area contributed by atoms with Crippen molar-refractivity contribution in [1.29, 1.82) is 0 Å². The fourth-order valence-electron chi connectivity index (χ4n) is 2.72. The normalized spacial score (nSPS) is 19.3. The lowest BCUT2D eigenvalue weighted by Gasteiger charge is -2.34. The molecule has 0 aromatic rings. The van der Waals surface area contributed by atoms with Crippen LogP contribution in [0.4, 0.5) is 4.79 Å². The second-order valence-electron chi connectivity index (χ2n) is 7.34. The van der Waals surface area contributed by atoms with E-state index in [0.717, 1.165) is 19.3 Å². The van der Waals surface area contributed by atoms with Crippen molar-refractivity contribution in [3.8, 4) is 0 Å². The number of nitrogens with one attached hydrogen (secondary N) is 1. The number of nitrogens with zero attached hydrogens (tertiary/aromatic N) is 1. The molecule has 136 valence electrons. The van der Waals surface area contributed by atoms with Gasteiger partial charge in [0.1, 0.15) is 5.60 Å². The topological polar surface area (TPSA) is 75.7 Å². The summed E-state index contributed by atoms with van der Waals surface area (Å²) in [5, 5.41) is 2.86. The Labute approximate surface area is 141 Å². The highest BCUT2D eigenvalue weighted by molar-refractivity contribution is 7.89. The van der Waals surface area contributed by atoms with Crippen molar-refractivity contribution in [3.05, 3.63) is 0 Å². The van der Waals surface area contributed by atoms with Gasteiger partial charge in [0.15, 0.2) is 0 Å². The third kappa shape index (κ3) is 7.08. The first-order valence-electron chi connectivity index (χ1n) is 8.52. The molecule has 7 heteroatoms. The van der Waals surface area contributed by atoms with Gasteiger partial charge >= 0.3 is 6.09 Å². The average Bonchev–Trinajstić information content (AvgIpc) is 2.43. The van der Waals surface area contributed by atoms with E-state index in [-0.39, 0.29) is 17.7 Å². The average molecular weight is 349 g/mol. The van der Waals surface area contributed by atoms with Gasteiger partial charge in [-0.2, -0.15) is 0 Å². The van der Waals surface area contributed by atoms with Gasteiger partial charge in [-0.25, -0.2) is 17.5 Å². The Hall–Kier alpha value is -0.820. The van der Waals surface area contributed by atoms with Crippen molar-refractivity contribution in [2.75, 3.05) is 18.8 Å². The maximum absolute atomic E-state index is 12.2. The summed E-state index contributed by atoms with van der Waals surface area (Å²) in [6.45, 7) is 10.5. The van der Waals surface area contributed by atoms with Crippen LogP contribution in [-0.4, -0.2) is 49.3 Å². The van der Waals surface area contributed by atoms with Gasteiger partial charge in [0.25, 0.3) is 0 Å². The molecule has 23 heavy (non-hydrogen) atoms. The van der Waals surface area contributed by atoms with Crippen molar-refractivity contribution < 1.29 is 17.9 Å². The van der Waals surface area contributed by atoms with Crippen LogP contribution in [0.5, 0.6) is 0 Å². The third-order valence-electron chi connectivity index (χ3n) is 4.10. The van der Waals surface area contributed by atoms with Crippen LogP contribution in [0, 0.1) is 5.92 Å². The molecule has 1 saturated heterocycles. The van der Waals surface area contributed by atoms with E-state index in [1.165, 1.54) is 0 Å². The molecule has 0 radical (unpaired) electrons. The standard InChI is InChI=1S/C16H32N2O4S/c1-6-7-12-23(20,21)18-10-8-14(9-11-18)13(2)17-15(19)22-16(3,4)5/h13-14H,6-12H2,1-5H3,(H,17,19)/t13-/m1/s1. The molecule has 0 bridgehead atoms. The number of rotatable bonds is 6. The highest BCUT2D eigenvalue weighted by Gasteiger charge is 2.31. The van der Waals surface area contributed by atoms with Crippen molar-refractivity contribution in [2.24, 2.45) is 5.92 Å². The van der Waals surface area contributed by atoms with Crippen molar-refractivity contribution in [3.63, 3.8) is 0 Å². The van der Waals surface area contributed by atoms with E-state index >= 15 is 0 Å². The van der Waals surface area contributed by atoms with Gasteiger partial charge in [0, 0.05) is 19.1 Å². The van der Waals surface area contributed by atoms with Gasteiger partial charge in [-0.1, -0.05) is 13.3 Å². The summed E-state index contributed by atoms with van der Waals surface area (Å²) < 4.78 is 31.2. The van der Waals surface area contributed by atoms with Crippen molar-refractivity contribution >= 4 is 16.1 Å². The van der Waals surface area contributed by atoms with Crippen LogP contribution in [0.1, 0.15) is 60.3 Å². The Morgan fingerprint density at radius 1 is 1.30 bits per heavy atom. The Bertz CT molecular complexity index is 477. The van der Waals surface area contributed by atoms with E-state index in [2.05, 4.69) is 5.32 Å². The van der Waals surface area contributed by atoms with E-state index in [0.29, 0.717) is 19.5 Å². The molecule has 0 aromatic heterocycles. The number of carbonyl (C=O) groups is 1. The molecular formula is C16H32N2O4S. The fraction of sp³-hybridized carbons (Fsp3) is 0.938. The van der Waals surface area contributed by atoms with Crippen LogP contribution in [0.3, 0.4) is 0 Å². The summed E-state index contributed by atoms with van der Waals surface area (Å²) in [7, 11) is -3.12. The predicted molar refractivity (Wildman–Crippen MR) is 91.8 cm³/mol. The van der Waals surface area contributed by atoms with Gasteiger partial charge in [0.2, 0.25) is 10.0 Å². The zero-order valence-electron chi connectivity index (χ0n) is 15.1. The lowest BCUT2D eigenvalue weighted by molar-refractivity contribution is 0.0481. The minimum atomic E-state index is -3.12. The third-order valence-corrected chi connectivity index (χ3v) is 6.06. The van der Waals surface area contributed by atoms with Crippen LogP contribution >= 0.6 is 0 Å². The quantitative estimate of drug-likeness (QED) is 0.801. The maximum Gasteiger partial charge on any atom is 0.407 e. The van der Waals surface area contributed by atoms with Gasteiger partial charge in [-0.15, -0.1) is 0 Å². The van der Waals surface area contributed by atoms with Gasteiger partial charge in [-0.3, -0.25) is 0 Å². The monoisotopic (exact) mass is 348 g/mol. The van der Waals surface area contributed by atoms with Crippen LogP contribution in [0.25, 0.3) is 0 Å². The molecule has 1 N–H and O–H groups in total. The van der Waals surface area contributed by atoms with E-state index in [4.69, 9.17) is 4.74 Å². The highest BCUT2D eigenvalue weighted by Crippen LogP contribution is 2.23. The fourth-order valence-corrected chi connectivity index (χ4v) is 4.40. The molecule has 0 spiro atoms. The largest absolute Gasteiger partial charge is 0.444 e. The summed E-state index contributed by atoms with van der Waals surface area (Å²) in [6, 6.07) is -0.0228. The first-order chi connectivity index (χ1) is 10.5. The number of hydrogen-bond donors (Lipinski definition) is 1. The number of sulfonamides is 1. The molecular weight excluding hydrogens is 316 g/mol. The first-order valence-corrected chi connectivity index (χ1v) is 10.1. The number of amides is 1. The lowest BCUT2D eigenvalue weighted by Crippen LogP contribution is -2.47. The Morgan fingerprint density at radius 2 is 1.87 bits per heavy atom. The molecule has 0 aromatic carbocycles. The van der Waals surface area contributed by atoms with E-state index in [1.807, 2.05) is 34.6 Å². The molecule has 1 aliphatic heterocycles. The van der Waals surface area contributed by atoms with Gasteiger partial charge in [-0.05, 0) is 52.9 Å². The SMILES string of the molecule is CCCCS(=O)(=O)N1CCC([C@@H](C)NC(=O)OC(C)(C)C)CC1. The van der Waals surface area contributed by atoms with E-state index < -0.39 is 21.7 Å². The molecule has 1 heterocycles. The Balaban J connectivity index is 2.45. The predicted octanol–water partition coefficient (Wildman–Crippen LogP) is 2.74. The van der Waals surface area contributed by atoms with Gasteiger partial charge < -0.3 is 10.1 Å². The minimum absolute atomic E-state index is 0.0228. The molecule has 1 atom stereocenters. The second-order valence-corrected chi connectivity index (χ2v) is 9.43. The Kier molecular flexibility index (Phi) is 7.32. The summed E-state index contributed by atoms with van der Waals surface area (Å²) in [5.74, 6) is 0.514. The van der Waals surface area contributed by atoms with Gasteiger partial charge in [0.05, 0.1) is 5.75 Å². The van der Waals surface area contributed by atoms with E-state index in [9.17, 15) is 13.2 Å². The van der Waals surface area contributed by atoms with E-state index in [1.54, 1.807) is 4.31 Å².